The zero-order chi connectivity index (χ0) is 14.9. The molecule has 3 nitrogen and oxygen atoms in total. The van der Waals surface area contributed by atoms with Crippen molar-refractivity contribution in [2.75, 3.05) is 0 Å². The number of amides is 1. The number of rotatable bonds is 2. The summed E-state index contributed by atoms with van der Waals surface area (Å²) in [6.07, 6.45) is 2.42. The zero-order valence-corrected chi connectivity index (χ0v) is 13.0. The van der Waals surface area contributed by atoms with Crippen molar-refractivity contribution >= 4 is 5.91 Å². The fraction of sp³-hybridized carbons (Fsp3) is 0.588. The molecule has 1 amide bonds. The summed E-state index contributed by atoms with van der Waals surface area (Å²) in [4.78, 5) is 14.5. The lowest BCUT2D eigenvalue weighted by molar-refractivity contribution is -0.135. The second-order valence-electron chi connectivity index (χ2n) is 6.26. The number of carbonyl (C=O) groups is 1. The van der Waals surface area contributed by atoms with Gasteiger partial charge in [-0.05, 0) is 51.7 Å². The Balaban J connectivity index is 2.51. The first-order chi connectivity index (χ1) is 9.41. The molecule has 3 heteroatoms. The summed E-state index contributed by atoms with van der Waals surface area (Å²) in [7, 11) is 0. The SMILES string of the molecule is Cc1ccc(C)c(C2C(N)CCCC(=O)N2C(C)C)c1. The van der Waals surface area contributed by atoms with Crippen LogP contribution in [-0.4, -0.2) is 22.9 Å². The molecule has 1 heterocycles. The normalized spacial score (nSPS) is 24.1. The maximum atomic E-state index is 12.5. The van der Waals surface area contributed by atoms with Crippen LogP contribution in [0.2, 0.25) is 0 Å². The average Bonchev–Trinajstić information content (AvgIpc) is 2.51. The van der Waals surface area contributed by atoms with Gasteiger partial charge in [-0.1, -0.05) is 23.8 Å². The molecule has 0 saturated carbocycles. The predicted octanol–water partition coefficient (Wildman–Crippen LogP) is 3.09. The van der Waals surface area contributed by atoms with E-state index < -0.39 is 0 Å². The average molecular weight is 274 g/mol. The number of nitrogens with zero attached hydrogens (tertiary/aromatic N) is 1. The van der Waals surface area contributed by atoms with Gasteiger partial charge in [0.25, 0.3) is 0 Å². The Morgan fingerprint density at radius 1 is 1.30 bits per heavy atom. The standard InChI is InChI=1S/C17H26N2O/c1-11(2)19-16(20)7-5-6-15(18)17(19)14-10-12(3)8-9-13(14)4/h8-11,15,17H,5-7,18H2,1-4H3. The minimum atomic E-state index is 0.00454. The highest BCUT2D eigenvalue weighted by molar-refractivity contribution is 5.77. The quantitative estimate of drug-likeness (QED) is 0.900. The van der Waals surface area contributed by atoms with E-state index in [4.69, 9.17) is 5.73 Å². The largest absolute Gasteiger partial charge is 0.332 e. The molecular formula is C17H26N2O. The molecule has 1 aromatic carbocycles. The van der Waals surface area contributed by atoms with E-state index in [9.17, 15) is 4.79 Å². The van der Waals surface area contributed by atoms with Crippen molar-refractivity contribution in [3.05, 3.63) is 34.9 Å². The highest BCUT2D eigenvalue weighted by Crippen LogP contribution is 2.33. The van der Waals surface area contributed by atoms with Crippen LogP contribution in [0.4, 0.5) is 0 Å². The Kier molecular flexibility index (Phi) is 4.48. The molecule has 0 aliphatic carbocycles. The molecule has 2 unspecified atom stereocenters. The Morgan fingerprint density at radius 3 is 2.65 bits per heavy atom. The first-order valence-electron chi connectivity index (χ1n) is 7.55. The van der Waals surface area contributed by atoms with E-state index in [0.29, 0.717) is 6.42 Å². The van der Waals surface area contributed by atoms with Crippen molar-refractivity contribution in [1.82, 2.24) is 4.90 Å². The van der Waals surface area contributed by atoms with Crippen molar-refractivity contribution in [2.24, 2.45) is 5.73 Å². The Morgan fingerprint density at radius 2 is 2.00 bits per heavy atom. The van der Waals surface area contributed by atoms with Crippen LogP contribution in [0.5, 0.6) is 0 Å². The molecule has 0 bridgehead atoms. The Labute approximate surface area is 122 Å². The van der Waals surface area contributed by atoms with Crippen LogP contribution in [0.1, 0.15) is 55.8 Å². The third kappa shape index (κ3) is 2.88. The minimum Gasteiger partial charge on any atom is -0.332 e. The number of benzene rings is 1. The van der Waals surface area contributed by atoms with E-state index in [1.54, 1.807) is 0 Å². The summed E-state index contributed by atoms with van der Waals surface area (Å²) in [5, 5.41) is 0. The molecule has 1 aliphatic heterocycles. The smallest absolute Gasteiger partial charge is 0.223 e. The summed E-state index contributed by atoms with van der Waals surface area (Å²) in [5.41, 5.74) is 10.1. The van der Waals surface area contributed by atoms with E-state index in [2.05, 4.69) is 45.9 Å². The molecule has 20 heavy (non-hydrogen) atoms. The van der Waals surface area contributed by atoms with Gasteiger partial charge in [0.2, 0.25) is 5.91 Å². The highest BCUT2D eigenvalue weighted by Gasteiger charge is 2.35. The van der Waals surface area contributed by atoms with Gasteiger partial charge in [-0.25, -0.2) is 0 Å². The number of hydrogen-bond acceptors (Lipinski definition) is 2. The van der Waals surface area contributed by atoms with Crippen LogP contribution in [0, 0.1) is 13.8 Å². The highest BCUT2D eigenvalue weighted by atomic mass is 16.2. The van der Waals surface area contributed by atoms with Crippen molar-refractivity contribution < 1.29 is 4.79 Å². The van der Waals surface area contributed by atoms with E-state index in [0.717, 1.165) is 12.8 Å². The molecule has 2 rings (SSSR count). The number of carbonyl (C=O) groups excluding carboxylic acids is 1. The maximum Gasteiger partial charge on any atom is 0.223 e. The molecule has 0 aromatic heterocycles. The van der Waals surface area contributed by atoms with Crippen LogP contribution >= 0.6 is 0 Å². The van der Waals surface area contributed by atoms with Crippen molar-refractivity contribution in [2.45, 2.75) is 65.1 Å². The molecule has 110 valence electrons. The number of likely N-dealkylation sites (tertiary alicyclic amines) is 1. The molecule has 1 fully saturated rings. The van der Waals surface area contributed by atoms with Gasteiger partial charge in [0, 0.05) is 18.5 Å². The molecule has 2 N–H and O–H groups in total. The fourth-order valence-corrected chi connectivity index (χ4v) is 3.21. The summed E-state index contributed by atoms with van der Waals surface area (Å²) < 4.78 is 0. The van der Waals surface area contributed by atoms with E-state index in [-0.39, 0.29) is 24.0 Å². The number of aryl methyl sites for hydroxylation is 2. The van der Waals surface area contributed by atoms with Crippen molar-refractivity contribution in [3.8, 4) is 0 Å². The van der Waals surface area contributed by atoms with Gasteiger partial charge in [0.15, 0.2) is 0 Å². The summed E-state index contributed by atoms with van der Waals surface area (Å²) in [6.45, 7) is 8.35. The van der Waals surface area contributed by atoms with Crippen LogP contribution < -0.4 is 5.73 Å². The molecule has 1 saturated heterocycles. The lowest BCUT2D eigenvalue weighted by Gasteiger charge is -2.38. The van der Waals surface area contributed by atoms with Crippen LogP contribution in [0.25, 0.3) is 0 Å². The number of hydrogen-bond donors (Lipinski definition) is 1. The summed E-state index contributed by atoms with van der Waals surface area (Å²) >= 11 is 0. The predicted molar refractivity (Wildman–Crippen MR) is 82.5 cm³/mol. The third-order valence-corrected chi connectivity index (χ3v) is 4.23. The Bertz CT molecular complexity index is 496. The lowest BCUT2D eigenvalue weighted by atomic mass is 9.91. The molecular weight excluding hydrogens is 248 g/mol. The topological polar surface area (TPSA) is 46.3 Å². The lowest BCUT2D eigenvalue weighted by Crippen LogP contribution is -2.46. The van der Waals surface area contributed by atoms with E-state index in [1.165, 1.54) is 16.7 Å². The second kappa shape index (κ2) is 5.96. The molecule has 2 atom stereocenters. The minimum absolute atomic E-state index is 0.00454. The van der Waals surface area contributed by atoms with Gasteiger partial charge < -0.3 is 10.6 Å². The van der Waals surface area contributed by atoms with Gasteiger partial charge in [-0.3, -0.25) is 4.79 Å². The molecule has 1 aromatic rings. The summed E-state index contributed by atoms with van der Waals surface area (Å²) in [5.74, 6) is 0.235. The monoisotopic (exact) mass is 274 g/mol. The van der Waals surface area contributed by atoms with E-state index >= 15 is 0 Å². The van der Waals surface area contributed by atoms with Crippen molar-refractivity contribution in [1.29, 1.82) is 0 Å². The van der Waals surface area contributed by atoms with Crippen LogP contribution in [0.3, 0.4) is 0 Å². The number of nitrogens with two attached hydrogens (primary N) is 1. The molecule has 1 aliphatic rings. The van der Waals surface area contributed by atoms with E-state index in [1.807, 2.05) is 4.90 Å². The summed E-state index contributed by atoms with van der Waals surface area (Å²) in [6, 6.07) is 6.63. The first kappa shape index (κ1) is 15.0. The fourth-order valence-electron chi connectivity index (χ4n) is 3.21. The molecule has 0 radical (unpaired) electrons. The van der Waals surface area contributed by atoms with Gasteiger partial charge in [-0.15, -0.1) is 0 Å². The van der Waals surface area contributed by atoms with Gasteiger partial charge in [0.1, 0.15) is 0 Å². The van der Waals surface area contributed by atoms with Gasteiger partial charge in [0.05, 0.1) is 6.04 Å². The van der Waals surface area contributed by atoms with Gasteiger partial charge >= 0.3 is 0 Å². The third-order valence-electron chi connectivity index (χ3n) is 4.23. The van der Waals surface area contributed by atoms with Crippen molar-refractivity contribution in [3.63, 3.8) is 0 Å². The van der Waals surface area contributed by atoms with Crippen LogP contribution in [-0.2, 0) is 4.79 Å². The molecule has 0 spiro atoms. The van der Waals surface area contributed by atoms with Gasteiger partial charge in [-0.2, -0.15) is 0 Å². The first-order valence-corrected chi connectivity index (χ1v) is 7.55. The van der Waals surface area contributed by atoms with Crippen LogP contribution in [0.15, 0.2) is 18.2 Å². The zero-order valence-electron chi connectivity index (χ0n) is 13.0. The Hall–Kier alpha value is -1.35. The second-order valence-corrected chi connectivity index (χ2v) is 6.26. The maximum absolute atomic E-state index is 12.5.